The molecule has 0 spiro atoms. The molecule has 0 aromatic carbocycles. The van der Waals surface area contributed by atoms with E-state index in [0.29, 0.717) is 13.0 Å². The first kappa shape index (κ1) is 14.9. The third-order valence-electron chi connectivity index (χ3n) is 3.47. The maximum Gasteiger partial charge on any atom is 0.211 e. The van der Waals surface area contributed by atoms with Gasteiger partial charge in [-0.05, 0) is 44.2 Å². The highest BCUT2D eigenvalue weighted by Gasteiger charge is 2.32. The Morgan fingerprint density at radius 2 is 1.94 bits per heavy atom. The van der Waals surface area contributed by atoms with Crippen LogP contribution < -0.4 is 10.0 Å². The molecule has 0 bridgehead atoms. The lowest BCUT2D eigenvalue weighted by atomic mass is 9.71. The largest absolute Gasteiger partial charge is 0.317 e. The average molecular weight is 262 g/mol. The molecule has 0 aromatic rings. The maximum absolute atomic E-state index is 11.7. The Morgan fingerprint density at radius 3 is 2.47 bits per heavy atom. The van der Waals surface area contributed by atoms with Crippen molar-refractivity contribution in [2.75, 3.05) is 25.4 Å². The Kier molecular flexibility index (Phi) is 5.89. The smallest absolute Gasteiger partial charge is 0.211 e. The molecular weight excluding hydrogens is 236 g/mol. The first-order valence-corrected chi connectivity index (χ1v) is 8.31. The Balaban J connectivity index is 2.13. The summed E-state index contributed by atoms with van der Waals surface area (Å²) in [5.41, 5.74) is 0.216. The SMILES string of the molecule is CCCNCCCS(=O)(=O)NCC1(C)CCC1. The third-order valence-corrected chi connectivity index (χ3v) is 4.88. The van der Waals surface area contributed by atoms with Crippen molar-refractivity contribution in [3.05, 3.63) is 0 Å². The van der Waals surface area contributed by atoms with Crippen molar-refractivity contribution in [2.45, 2.75) is 46.0 Å². The second-order valence-electron chi connectivity index (χ2n) is 5.41. The van der Waals surface area contributed by atoms with E-state index in [2.05, 4.69) is 23.9 Å². The molecule has 0 aliphatic heterocycles. The van der Waals surface area contributed by atoms with Gasteiger partial charge in [0.2, 0.25) is 10.0 Å². The maximum atomic E-state index is 11.7. The third kappa shape index (κ3) is 5.84. The minimum Gasteiger partial charge on any atom is -0.317 e. The fourth-order valence-corrected chi connectivity index (χ4v) is 3.24. The van der Waals surface area contributed by atoms with Crippen LogP contribution >= 0.6 is 0 Å². The zero-order valence-electron chi connectivity index (χ0n) is 11.1. The van der Waals surface area contributed by atoms with Gasteiger partial charge >= 0.3 is 0 Å². The predicted octanol–water partition coefficient (Wildman–Crippen LogP) is 1.49. The molecule has 1 rings (SSSR count). The number of nitrogens with one attached hydrogen (secondary N) is 2. The van der Waals surface area contributed by atoms with E-state index in [0.717, 1.165) is 32.4 Å². The number of hydrogen-bond acceptors (Lipinski definition) is 3. The van der Waals surface area contributed by atoms with E-state index in [4.69, 9.17) is 0 Å². The highest BCUT2D eigenvalue weighted by atomic mass is 32.2. The lowest BCUT2D eigenvalue weighted by Crippen LogP contribution is -2.41. The molecule has 5 heteroatoms. The summed E-state index contributed by atoms with van der Waals surface area (Å²) in [6.45, 7) is 6.61. The van der Waals surface area contributed by atoms with Crippen LogP contribution in [0.2, 0.25) is 0 Å². The van der Waals surface area contributed by atoms with Crippen LogP contribution in [0, 0.1) is 5.41 Å². The van der Waals surface area contributed by atoms with Crippen LogP contribution in [-0.2, 0) is 10.0 Å². The van der Waals surface area contributed by atoms with Gasteiger partial charge in [-0.25, -0.2) is 13.1 Å². The van der Waals surface area contributed by atoms with Gasteiger partial charge in [0.25, 0.3) is 0 Å². The summed E-state index contributed by atoms with van der Waals surface area (Å²) >= 11 is 0. The Labute approximate surface area is 106 Å². The van der Waals surface area contributed by atoms with Gasteiger partial charge in [-0.2, -0.15) is 0 Å². The second-order valence-corrected chi connectivity index (χ2v) is 7.33. The van der Waals surface area contributed by atoms with E-state index in [-0.39, 0.29) is 11.2 Å². The Morgan fingerprint density at radius 1 is 1.24 bits per heavy atom. The molecule has 0 amide bonds. The molecule has 1 aliphatic rings. The zero-order chi connectivity index (χ0) is 12.8. The molecule has 0 atom stereocenters. The monoisotopic (exact) mass is 262 g/mol. The van der Waals surface area contributed by atoms with Crippen LogP contribution in [0.3, 0.4) is 0 Å². The summed E-state index contributed by atoms with van der Waals surface area (Å²) in [5, 5.41) is 3.21. The van der Waals surface area contributed by atoms with Gasteiger partial charge in [0.05, 0.1) is 5.75 Å². The van der Waals surface area contributed by atoms with E-state index in [1.54, 1.807) is 0 Å². The van der Waals surface area contributed by atoms with Crippen LogP contribution in [0.5, 0.6) is 0 Å². The molecule has 1 aliphatic carbocycles. The van der Waals surface area contributed by atoms with Gasteiger partial charge in [-0.15, -0.1) is 0 Å². The van der Waals surface area contributed by atoms with E-state index in [9.17, 15) is 8.42 Å². The molecule has 2 N–H and O–H groups in total. The summed E-state index contributed by atoms with van der Waals surface area (Å²) in [5.74, 6) is 0.236. The van der Waals surface area contributed by atoms with Gasteiger partial charge in [0.15, 0.2) is 0 Å². The van der Waals surface area contributed by atoms with Crippen molar-refractivity contribution in [3.63, 3.8) is 0 Å². The van der Waals surface area contributed by atoms with Gasteiger partial charge in [0.1, 0.15) is 0 Å². The molecule has 0 unspecified atom stereocenters. The summed E-state index contributed by atoms with van der Waals surface area (Å²) in [6, 6.07) is 0. The second kappa shape index (κ2) is 6.71. The zero-order valence-corrected chi connectivity index (χ0v) is 11.9. The van der Waals surface area contributed by atoms with Crippen molar-refractivity contribution in [3.8, 4) is 0 Å². The van der Waals surface area contributed by atoms with E-state index < -0.39 is 10.0 Å². The number of hydrogen-bond donors (Lipinski definition) is 2. The predicted molar refractivity (Wildman–Crippen MR) is 71.5 cm³/mol. The van der Waals surface area contributed by atoms with Crippen LogP contribution in [0.25, 0.3) is 0 Å². The van der Waals surface area contributed by atoms with Crippen LogP contribution in [0.1, 0.15) is 46.0 Å². The Hall–Kier alpha value is -0.130. The van der Waals surface area contributed by atoms with E-state index in [1.165, 1.54) is 6.42 Å². The number of sulfonamides is 1. The molecule has 17 heavy (non-hydrogen) atoms. The highest BCUT2D eigenvalue weighted by Crippen LogP contribution is 2.39. The molecule has 0 saturated heterocycles. The van der Waals surface area contributed by atoms with Crippen molar-refractivity contribution in [1.82, 2.24) is 10.0 Å². The Bertz CT molecular complexity index is 310. The molecule has 4 nitrogen and oxygen atoms in total. The highest BCUT2D eigenvalue weighted by molar-refractivity contribution is 7.89. The van der Waals surface area contributed by atoms with Crippen molar-refractivity contribution >= 4 is 10.0 Å². The summed E-state index contributed by atoms with van der Waals surface area (Å²) in [7, 11) is -3.07. The summed E-state index contributed by atoms with van der Waals surface area (Å²) < 4.78 is 26.2. The molecule has 0 aromatic heterocycles. The summed E-state index contributed by atoms with van der Waals surface area (Å²) in [4.78, 5) is 0. The number of rotatable bonds is 9. The molecule has 1 fully saturated rings. The lowest BCUT2D eigenvalue weighted by molar-refractivity contribution is 0.166. The minimum atomic E-state index is -3.07. The lowest BCUT2D eigenvalue weighted by Gasteiger charge is -2.38. The topological polar surface area (TPSA) is 58.2 Å². The van der Waals surface area contributed by atoms with E-state index >= 15 is 0 Å². The normalized spacial score (nSPS) is 18.9. The molecule has 1 saturated carbocycles. The average Bonchev–Trinajstić information content (AvgIpc) is 2.24. The van der Waals surface area contributed by atoms with Crippen LogP contribution in [0.15, 0.2) is 0 Å². The van der Waals surface area contributed by atoms with Gasteiger partial charge in [-0.1, -0.05) is 20.3 Å². The summed E-state index contributed by atoms with van der Waals surface area (Å²) in [6.07, 6.45) is 5.30. The van der Waals surface area contributed by atoms with Crippen LogP contribution in [-0.4, -0.2) is 33.8 Å². The fraction of sp³-hybridized carbons (Fsp3) is 1.00. The van der Waals surface area contributed by atoms with E-state index in [1.807, 2.05) is 0 Å². The van der Waals surface area contributed by atoms with Crippen LogP contribution in [0.4, 0.5) is 0 Å². The molecule has 102 valence electrons. The van der Waals surface area contributed by atoms with Gasteiger partial charge in [-0.3, -0.25) is 0 Å². The molecular formula is C12H26N2O2S. The van der Waals surface area contributed by atoms with Crippen molar-refractivity contribution < 1.29 is 8.42 Å². The van der Waals surface area contributed by atoms with Gasteiger partial charge < -0.3 is 5.32 Å². The first-order valence-electron chi connectivity index (χ1n) is 6.65. The minimum absolute atomic E-state index is 0.216. The fourth-order valence-electron chi connectivity index (χ4n) is 2.00. The first-order chi connectivity index (χ1) is 7.97. The molecule has 0 heterocycles. The quantitative estimate of drug-likeness (QED) is 0.619. The molecule has 0 radical (unpaired) electrons. The van der Waals surface area contributed by atoms with Crippen molar-refractivity contribution in [1.29, 1.82) is 0 Å². The van der Waals surface area contributed by atoms with Crippen molar-refractivity contribution in [2.24, 2.45) is 5.41 Å². The standard InChI is InChI=1S/C12H26N2O2S/c1-3-8-13-9-5-10-17(15,16)14-11-12(2)6-4-7-12/h13-14H,3-11H2,1-2H3. The van der Waals surface area contributed by atoms with Gasteiger partial charge in [0, 0.05) is 6.54 Å².